The Hall–Kier alpha value is -1.69. The molecule has 0 bridgehead atoms. The van der Waals surface area contributed by atoms with E-state index >= 15 is 0 Å². The molecule has 6 heteroatoms. The van der Waals surface area contributed by atoms with Gasteiger partial charge in [-0.15, -0.1) is 10.2 Å². The van der Waals surface area contributed by atoms with E-state index in [0.717, 1.165) is 48.2 Å². The minimum atomic E-state index is 0.192. The van der Waals surface area contributed by atoms with E-state index in [1.165, 1.54) is 12.8 Å². The Labute approximate surface area is 118 Å². The van der Waals surface area contributed by atoms with Gasteiger partial charge in [0.05, 0.1) is 12.2 Å². The lowest BCUT2D eigenvalue weighted by Gasteiger charge is -2.17. The summed E-state index contributed by atoms with van der Waals surface area (Å²) in [6.07, 6.45) is 3.49. The average Bonchev–Trinajstić information content (AvgIpc) is 3.00. The lowest BCUT2D eigenvalue weighted by Crippen LogP contribution is -2.23. The number of aromatic nitrogens is 4. The van der Waals surface area contributed by atoms with Crippen molar-refractivity contribution >= 4 is 0 Å². The second kappa shape index (κ2) is 5.36. The third kappa shape index (κ3) is 2.35. The summed E-state index contributed by atoms with van der Waals surface area (Å²) in [5.41, 5.74) is 2.09. The van der Waals surface area contributed by atoms with Crippen molar-refractivity contribution in [3.8, 4) is 0 Å². The molecule has 3 rings (SSSR count). The molecule has 1 unspecified atom stereocenters. The highest BCUT2D eigenvalue weighted by Gasteiger charge is 2.19. The first kappa shape index (κ1) is 13.3. The zero-order valence-electron chi connectivity index (χ0n) is 12.3. The summed E-state index contributed by atoms with van der Waals surface area (Å²) in [6, 6.07) is 0.192. The zero-order chi connectivity index (χ0) is 14.1. The van der Waals surface area contributed by atoms with Crippen LogP contribution in [0.4, 0.5) is 0 Å². The summed E-state index contributed by atoms with van der Waals surface area (Å²) < 4.78 is 7.47. The molecule has 3 heterocycles. The maximum Gasteiger partial charge on any atom is 0.147 e. The van der Waals surface area contributed by atoms with Crippen molar-refractivity contribution in [1.29, 1.82) is 0 Å². The third-order valence-corrected chi connectivity index (χ3v) is 4.02. The molecule has 0 fully saturated rings. The number of fused-ring (bicyclic) bond motifs is 1. The molecule has 0 aromatic carbocycles. The first-order chi connectivity index (χ1) is 9.66. The molecule has 2 aromatic heterocycles. The van der Waals surface area contributed by atoms with E-state index in [0.29, 0.717) is 0 Å². The number of hydrogen-bond donors (Lipinski definition) is 1. The van der Waals surface area contributed by atoms with Gasteiger partial charge in [-0.05, 0) is 33.6 Å². The molecule has 6 nitrogen and oxygen atoms in total. The van der Waals surface area contributed by atoms with Gasteiger partial charge in [0.2, 0.25) is 0 Å². The van der Waals surface area contributed by atoms with Crippen molar-refractivity contribution in [3.05, 3.63) is 28.7 Å². The summed E-state index contributed by atoms with van der Waals surface area (Å²) >= 11 is 0. The SMILES string of the molecule is Cc1noc(C)c1C(C)NCc1nnc2n1CCCC2. The monoisotopic (exact) mass is 275 g/mol. The Morgan fingerprint density at radius 2 is 2.15 bits per heavy atom. The Bertz CT molecular complexity index is 581. The lowest BCUT2D eigenvalue weighted by molar-refractivity contribution is 0.390. The van der Waals surface area contributed by atoms with Crippen molar-refractivity contribution in [2.24, 2.45) is 0 Å². The minimum Gasteiger partial charge on any atom is -0.361 e. The molecule has 0 aliphatic carbocycles. The highest BCUT2D eigenvalue weighted by atomic mass is 16.5. The minimum absolute atomic E-state index is 0.192. The second-order valence-electron chi connectivity index (χ2n) is 5.48. The van der Waals surface area contributed by atoms with E-state index < -0.39 is 0 Å². The molecular weight excluding hydrogens is 254 g/mol. The first-order valence-corrected chi connectivity index (χ1v) is 7.24. The maximum atomic E-state index is 5.22. The standard InChI is InChI=1S/C14H21N5O/c1-9(14-10(2)18-20-11(14)3)15-8-13-17-16-12-6-4-5-7-19(12)13/h9,15H,4-8H2,1-3H3. The van der Waals surface area contributed by atoms with Crippen LogP contribution < -0.4 is 5.32 Å². The Morgan fingerprint density at radius 1 is 1.30 bits per heavy atom. The lowest BCUT2D eigenvalue weighted by atomic mass is 10.1. The van der Waals surface area contributed by atoms with Gasteiger partial charge >= 0.3 is 0 Å². The normalized spacial score (nSPS) is 16.1. The summed E-state index contributed by atoms with van der Waals surface area (Å²) in [6.45, 7) is 7.81. The van der Waals surface area contributed by atoms with Crippen LogP contribution in [0.2, 0.25) is 0 Å². The van der Waals surface area contributed by atoms with Gasteiger partial charge in [0, 0.05) is 24.6 Å². The Kier molecular flexibility index (Phi) is 3.56. The molecular formula is C14H21N5O. The molecule has 20 heavy (non-hydrogen) atoms. The van der Waals surface area contributed by atoms with Crippen LogP contribution in [0, 0.1) is 13.8 Å². The van der Waals surface area contributed by atoms with Crippen molar-refractivity contribution < 1.29 is 4.52 Å². The van der Waals surface area contributed by atoms with Gasteiger partial charge in [-0.3, -0.25) is 0 Å². The van der Waals surface area contributed by atoms with Gasteiger partial charge in [-0.25, -0.2) is 0 Å². The van der Waals surface area contributed by atoms with E-state index in [1.54, 1.807) is 0 Å². The second-order valence-corrected chi connectivity index (χ2v) is 5.48. The fourth-order valence-electron chi connectivity index (χ4n) is 2.95. The molecule has 1 aliphatic heterocycles. The van der Waals surface area contributed by atoms with Crippen LogP contribution in [0.3, 0.4) is 0 Å². The van der Waals surface area contributed by atoms with E-state index in [4.69, 9.17) is 4.52 Å². The molecule has 1 aliphatic rings. The third-order valence-electron chi connectivity index (χ3n) is 4.02. The molecule has 0 saturated carbocycles. The maximum absolute atomic E-state index is 5.22. The van der Waals surface area contributed by atoms with E-state index in [9.17, 15) is 0 Å². The molecule has 108 valence electrons. The van der Waals surface area contributed by atoms with Crippen LogP contribution in [0.15, 0.2) is 4.52 Å². The number of rotatable bonds is 4. The number of nitrogens with zero attached hydrogens (tertiary/aromatic N) is 4. The van der Waals surface area contributed by atoms with E-state index in [-0.39, 0.29) is 6.04 Å². The molecule has 0 amide bonds. The topological polar surface area (TPSA) is 68.8 Å². The highest BCUT2D eigenvalue weighted by Crippen LogP contribution is 2.21. The van der Waals surface area contributed by atoms with E-state index in [1.807, 2.05) is 13.8 Å². The van der Waals surface area contributed by atoms with Crippen LogP contribution in [0.1, 0.15) is 54.5 Å². The summed E-state index contributed by atoms with van der Waals surface area (Å²) in [7, 11) is 0. The Morgan fingerprint density at radius 3 is 2.90 bits per heavy atom. The highest BCUT2D eigenvalue weighted by molar-refractivity contribution is 5.24. The quantitative estimate of drug-likeness (QED) is 0.925. The fourth-order valence-corrected chi connectivity index (χ4v) is 2.95. The van der Waals surface area contributed by atoms with Crippen LogP contribution in [0.25, 0.3) is 0 Å². The van der Waals surface area contributed by atoms with Gasteiger partial charge in [0.1, 0.15) is 17.4 Å². The zero-order valence-corrected chi connectivity index (χ0v) is 12.3. The van der Waals surface area contributed by atoms with Crippen LogP contribution in [-0.4, -0.2) is 19.9 Å². The van der Waals surface area contributed by atoms with Crippen LogP contribution in [0.5, 0.6) is 0 Å². The molecule has 0 saturated heterocycles. The molecule has 1 atom stereocenters. The molecule has 2 aromatic rings. The van der Waals surface area contributed by atoms with Crippen LogP contribution in [-0.2, 0) is 19.5 Å². The predicted molar refractivity (Wildman–Crippen MR) is 74.2 cm³/mol. The summed E-state index contributed by atoms with van der Waals surface area (Å²) in [5, 5.41) is 16.1. The molecule has 0 spiro atoms. The van der Waals surface area contributed by atoms with Gasteiger partial charge < -0.3 is 14.4 Å². The average molecular weight is 275 g/mol. The van der Waals surface area contributed by atoms with E-state index in [2.05, 4.69) is 32.2 Å². The van der Waals surface area contributed by atoms with Crippen molar-refractivity contribution in [2.75, 3.05) is 0 Å². The smallest absolute Gasteiger partial charge is 0.147 e. The summed E-state index contributed by atoms with van der Waals surface area (Å²) in [5.74, 6) is 3.03. The van der Waals surface area contributed by atoms with Crippen molar-refractivity contribution in [3.63, 3.8) is 0 Å². The number of aryl methyl sites for hydroxylation is 3. The Balaban J connectivity index is 1.69. The molecule has 1 N–H and O–H groups in total. The number of nitrogens with one attached hydrogen (secondary N) is 1. The van der Waals surface area contributed by atoms with Crippen molar-refractivity contribution in [2.45, 2.75) is 59.2 Å². The molecule has 0 radical (unpaired) electrons. The van der Waals surface area contributed by atoms with Gasteiger partial charge in [-0.2, -0.15) is 0 Å². The van der Waals surface area contributed by atoms with Gasteiger partial charge in [0.15, 0.2) is 0 Å². The van der Waals surface area contributed by atoms with Gasteiger partial charge in [-0.1, -0.05) is 5.16 Å². The fraction of sp³-hybridized carbons (Fsp3) is 0.643. The first-order valence-electron chi connectivity index (χ1n) is 7.24. The van der Waals surface area contributed by atoms with Gasteiger partial charge in [0.25, 0.3) is 0 Å². The predicted octanol–water partition coefficient (Wildman–Crippen LogP) is 2.07. The largest absolute Gasteiger partial charge is 0.361 e. The van der Waals surface area contributed by atoms with Crippen molar-refractivity contribution in [1.82, 2.24) is 25.2 Å². The number of hydrogen-bond acceptors (Lipinski definition) is 5. The van der Waals surface area contributed by atoms with Crippen LogP contribution >= 0.6 is 0 Å². The summed E-state index contributed by atoms with van der Waals surface area (Å²) in [4.78, 5) is 0.